The highest BCUT2D eigenvalue weighted by molar-refractivity contribution is 5.65. The molecule has 5 nitrogen and oxygen atoms in total. The molecule has 2 heterocycles. The number of halogens is 4. The molecule has 1 aromatic heterocycles. The number of morpholine rings is 1. The van der Waals surface area contributed by atoms with Gasteiger partial charge in [0, 0.05) is 31.4 Å². The molecule has 28 heavy (non-hydrogen) atoms. The van der Waals surface area contributed by atoms with Crippen LogP contribution in [0, 0.1) is 5.82 Å². The van der Waals surface area contributed by atoms with Crippen molar-refractivity contribution in [3.63, 3.8) is 0 Å². The molecule has 1 N–H and O–H groups in total. The van der Waals surface area contributed by atoms with Crippen molar-refractivity contribution in [2.75, 3.05) is 39.5 Å². The summed E-state index contributed by atoms with van der Waals surface area (Å²) in [4.78, 5) is 5.66. The van der Waals surface area contributed by atoms with Gasteiger partial charge in [0.25, 0.3) is 0 Å². The average Bonchev–Trinajstić information content (AvgIpc) is 2.66. The van der Waals surface area contributed by atoms with E-state index in [9.17, 15) is 22.7 Å². The van der Waals surface area contributed by atoms with Crippen molar-refractivity contribution in [1.82, 2.24) is 9.88 Å². The first-order valence-electron chi connectivity index (χ1n) is 8.75. The van der Waals surface area contributed by atoms with Crippen molar-refractivity contribution in [2.24, 2.45) is 0 Å². The van der Waals surface area contributed by atoms with E-state index in [0.717, 1.165) is 24.4 Å². The first kappa shape index (κ1) is 20.5. The van der Waals surface area contributed by atoms with Crippen LogP contribution in [-0.2, 0) is 10.9 Å². The van der Waals surface area contributed by atoms with E-state index in [1.165, 1.54) is 12.3 Å². The Morgan fingerprint density at radius 1 is 1.11 bits per heavy atom. The molecule has 1 aromatic carbocycles. The van der Waals surface area contributed by atoms with Gasteiger partial charge in [-0.15, -0.1) is 0 Å². The molecule has 0 radical (unpaired) electrons. The largest absolute Gasteiger partial charge is 0.491 e. The Labute approximate surface area is 159 Å². The van der Waals surface area contributed by atoms with E-state index >= 15 is 0 Å². The Hall–Kier alpha value is -2.23. The lowest BCUT2D eigenvalue weighted by Gasteiger charge is -2.28. The van der Waals surface area contributed by atoms with Crippen molar-refractivity contribution in [2.45, 2.75) is 12.3 Å². The maximum absolute atomic E-state index is 13.4. The minimum absolute atomic E-state index is 0.0601. The number of ether oxygens (including phenoxy) is 2. The van der Waals surface area contributed by atoms with Crippen molar-refractivity contribution < 1.29 is 32.1 Å². The minimum Gasteiger partial charge on any atom is -0.491 e. The molecule has 0 aliphatic carbocycles. The number of aromatic nitrogens is 1. The van der Waals surface area contributed by atoms with Crippen LogP contribution in [0.1, 0.15) is 5.56 Å². The molecule has 152 valence electrons. The van der Waals surface area contributed by atoms with Crippen LogP contribution in [0.15, 0.2) is 36.7 Å². The Bertz CT molecular complexity index is 795. The molecule has 2 aromatic rings. The molecule has 3 rings (SSSR count). The standard InChI is InChI=1S/C19H20F4N2O3/c20-16-6-14(9-24-10-16)13-5-15(19(21,22)23)8-18(7-13)28-12-17(26)11-25-1-3-27-4-2-25/h5-10,17,26H,1-4,11-12H2. The third kappa shape index (κ3) is 5.63. The summed E-state index contributed by atoms with van der Waals surface area (Å²) in [7, 11) is 0. The van der Waals surface area contributed by atoms with Crippen LogP contribution in [0.4, 0.5) is 17.6 Å². The highest BCUT2D eigenvalue weighted by Gasteiger charge is 2.31. The number of pyridine rings is 1. The number of benzene rings is 1. The maximum atomic E-state index is 13.4. The van der Waals surface area contributed by atoms with Gasteiger partial charge < -0.3 is 14.6 Å². The van der Waals surface area contributed by atoms with Crippen LogP contribution >= 0.6 is 0 Å². The van der Waals surface area contributed by atoms with Gasteiger partial charge in [0.2, 0.25) is 0 Å². The zero-order chi connectivity index (χ0) is 20.1. The molecule has 1 saturated heterocycles. The number of aliphatic hydroxyl groups is 1. The van der Waals surface area contributed by atoms with Crippen molar-refractivity contribution >= 4 is 0 Å². The Morgan fingerprint density at radius 2 is 1.86 bits per heavy atom. The number of β-amino-alcohol motifs (C(OH)–C–C–N with tert-alkyl or cyclic N) is 1. The van der Waals surface area contributed by atoms with Gasteiger partial charge >= 0.3 is 6.18 Å². The molecular formula is C19H20F4N2O3. The molecule has 0 spiro atoms. The lowest BCUT2D eigenvalue weighted by atomic mass is 10.0. The van der Waals surface area contributed by atoms with Gasteiger partial charge in [-0.3, -0.25) is 9.88 Å². The van der Waals surface area contributed by atoms with Crippen LogP contribution < -0.4 is 4.74 Å². The summed E-state index contributed by atoms with van der Waals surface area (Å²) in [5, 5.41) is 10.1. The molecular weight excluding hydrogens is 380 g/mol. The number of alkyl halides is 3. The Morgan fingerprint density at radius 3 is 2.54 bits per heavy atom. The first-order chi connectivity index (χ1) is 13.3. The quantitative estimate of drug-likeness (QED) is 0.756. The lowest BCUT2D eigenvalue weighted by Crippen LogP contribution is -2.42. The van der Waals surface area contributed by atoms with Gasteiger partial charge in [-0.1, -0.05) is 0 Å². The Balaban J connectivity index is 1.75. The second kappa shape index (κ2) is 8.85. The fraction of sp³-hybridized carbons (Fsp3) is 0.421. The SMILES string of the molecule is OC(COc1cc(-c2cncc(F)c2)cc(C(F)(F)F)c1)CN1CCOCC1. The van der Waals surface area contributed by atoms with Crippen molar-refractivity contribution in [1.29, 1.82) is 0 Å². The second-order valence-corrected chi connectivity index (χ2v) is 6.51. The predicted molar refractivity (Wildman–Crippen MR) is 93.4 cm³/mol. The van der Waals surface area contributed by atoms with Gasteiger partial charge in [0.1, 0.15) is 24.3 Å². The van der Waals surface area contributed by atoms with Gasteiger partial charge in [-0.25, -0.2) is 4.39 Å². The number of hydrogen-bond donors (Lipinski definition) is 1. The third-order valence-corrected chi connectivity index (χ3v) is 4.29. The molecule has 9 heteroatoms. The summed E-state index contributed by atoms with van der Waals surface area (Å²) >= 11 is 0. The fourth-order valence-corrected chi connectivity index (χ4v) is 2.91. The van der Waals surface area contributed by atoms with E-state index in [0.29, 0.717) is 32.8 Å². The number of nitrogens with zero attached hydrogens (tertiary/aromatic N) is 2. The van der Waals surface area contributed by atoms with Crippen molar-refractivity contribution in [3.05, 3.63) is 48.0 Å². The fourth-order valence-electron chi connectivity index (χ4n) is 2.91. The third-order valence-electron chi connectivity index (χ3n) is 4.29. The van der Waals surface area contributed by atoms with E-state index in [1.54, 1.807) is 0 Å². The molecule has 1 atom stereocenters. The molecule has 0 bridgehead atoms. The van der Waals surface area contributed by atoms with E-state index in [1.807, 2.05) is 4.90 Å². The number of rotatable bonds is 6. The summed E-state index contributed by atoms with van der Waals surface area (Å²) in [5.74, 6) is -0.714. The van der Waals surface area contributed by atoms with E-state index < -0.39 is 23.7 Å². The number of aliphatic hydroxyl groups excluding tert-OH is 1. The average molecular weight is 400 g/mol. The minimum atomic E-state index is -4.60. The number of hydrogen-bond acceptors (Lipinski definition) is 5. The summed E-state index contributed by atoms with van der Waals surface area (Å²) in [5.41, 5.74) is -0.601. The smallest absolute Gasteiger partial charge is 0.416 e. The molecule has 0 saturated carbocycles. The predicted octanol–water partition coefficient (Wildman–Crippen LogP) is 2.98. The van der Waals surface area contributed by atoms with Crippen molar-refractivity contribution in [3.8, 4) is 16.9 Å². The van der Waals surface area contributed by atoms with Gasteiger partial charge in [0.15, 0.2) is 0 Å². The zero-order valence-corrected chi connectivity index (χ0v) is 15.0. The topological polar surface area (TPSA) is 54.8 Å². The lowest BCUT2D eigenvalue weighted by molar-refractivity contribution is -0.137. The molecule has 0 amide bonds. The van der Waals surface area contributed by atoms with Crippen LogP contribution in [-0.4, -0.2) is 60.5 Å². The molecule has 1 aliphatic heterocycles. The Kier molecular flexibility index (Phi) is 6.48. The highest BCUT2D eigenvalue weighted by atomic mass is 19.4. The summed E-state index contributed by atoms with van der Waals surface area (Å²) in [6, 6.07) is 4.23. The van der Waals surface area contributed by atoms with E-state index in [2.05, 4.69) is 4.98 Å². The van der Waals surface area contributed by atoms with Crippen LogP contribution in [0.3, 0.4) is 0 Å². The van der Waals surface area contributed by atoms with Crippen LogP contribution in [0.25, 0.3) is 11.1 Å². The first-order valence-corrected chi connectivity index (χ1v) is 8.75. The van der Waals surface area contributed by atoms with E-state index in [-0.39, 0.29) is 23.5 Å². The van der Waals surface area contributed by atoms with Gasteiger partial charge in [-0.05, 0) is 29.8 Å². The van der Waals surface area contributed by atoms with Gasteiger partial charge in [-0.2, -0.15) is 13.2 Å². The molecule has 1 unspecified atom stereocenters. The maximum Gasteiger partial charge on any atom is 0.416 e. The molecule has 1 fully saturated rings. The second-order valence-electron chi connectivity index (χ2n) is 6.51. The van der Waals surface area contributed by atoms with Crippen LogP contribution in [0.5, 0.6) is 5.75 Å². The van der Waals surface area contributed by atoms with Crippen LogP contribution in [0.2, 0.25) is 0 Å². The summed E-state index contributed by atoms with van der Waals surface area (Å²) < 4.78 is 63.8. The highest BCUT2D eigenvalue weighted by Crippen LogP contribution is 2.35. The van der Waals surface area contributed by atoms with E-state index in [4.69, 9.17) is 9.47 Å². The van der Waals surface area contributed by atoms with Gasteiger partial charge in [0.05, 0.1) is 25.0 Å². The normalized spacial score (nSPS) is 16.8. The summed E-state index contributed by atoms with van der Waals surface area (Å²) in [6.07, 6.45) is -3.22. The zero-order valence-electron chi connectivity index (χ0n) is 15.0. The molecule has 1 aliphatic rings. The monoisotopic (exact) mass is 400 g/mol. The summed E-state index contributed by atoms with van der Waals surface area (Å²) in [6.45, 7) is 2.68.